The Morgan fingerprint density at radius 3 is 2.94 bits per heavy atom. The molecular weight excluding hydrogens is 208 g/mol. The minimum Gasteiger partial charge on any atom is -0.393 e. The summed E-state index contributed by atoms with van der Waals surface area (Å²) in [6.07, 6.45) is 1.000. The number of aromatic amines is 1. The Morgan fingerprint density at radius 1 is 1.56 bits per heavy atom. The number of aromatic nitrogens is 1. The van der Waals surface area contributed by atoms with Crippen molar-refractivity contribution in [2.75, 3.05) is 6.54 Å². The number of amides is 1. The number of hydrogen-bond acceptors (Lipinski definition) is 3. The van der Waals surface area contributed by atoms with E-state index in [1.54, 1.807) is 13.0 Å². The summed E-state index contributed by atoms with van der Waals surface area (Å²) in [6, 6.07) is 4.43. The van der Waals surface area contributed by atoms with Crippen LogP contribution in [0.25, 0.3) is 0 Å². The van der Waals surface area contributed by atoms with Gasteiger partial charge in [0.1, 0.15) is 5.69 Å². The highest BCUT2D eigenvalue weighted by Gasteiger charge is 2.05. The van der Waals surface area contributed by atoms with Crippen LogP contribution in [0.15, 0.2) is 23.0 Å². The molecule has 0 radical (unpaired) electrons. The van der Waals surface area contributed by atoms with Gasteiger partial charge in [-0.05, 0) is 25.8 Å². The molecule has 3 N–H and O–H groups in total. The van der Waals surface area contributed by atoms with Crippen molar-refractivity contribution in [1.29, 1.82) is 0 Å². The van der Waals surface area contributed by atoms with Gasteiger partial charge in [0.15, 0.2) is 0 Å². The SMILES string of the molecule is CC(O)CCCNC(=O)c1cccc(=O)[nH]1. The number of hydrogen-bond donors (Lipinski definition) is 3. The fraction of sp³-hybridized carbons (Fsp3) is 0.455. The third-order valence-electron chi connectivity index (χ3n) is 2.10. The molecule has 0 aliphatic carbocycles. The van der Waals surface area contributed by atoms with Crippen LogP contribution in [0.3, 0.4) is 0 Å². The molecule has 0 aliphatic heterocycles. The third kappa shape index (κ3) is 4.27. The van der Waals surface area contributed by atoms with Gasteiger partial charge in [0.25, 0.3) is 5.91 Å². The summed E-state index contributed by atoms with van der Waals surface area (Å²) in [4.78, 5) is 24.9. The van der Waals surface area contributed by atoms with E-state index < -0.39 is 0 Å². The lowest BCUT2D eigenvalue weighted by Gasteiger charge is -2.06. The van der Waals surface area contributed by atoms with Crippen LogP contribution >= 0.6 is 0 Å². The van der Waals surface area contributed by atoms with Crippen molar-refractivity contribution >= 4 is 5.91 Å². The summed E-state index contributed by atoms with van der Waals surface area (Å²) in [5.74, 6) is -0.303. The maximum absolute atomic E-state index is 11.5. The Balaban J connectivity index is 2.38. The van der Waals surface area contributed by atoms with Crippen LogP contribution in [0.1, 0.15) is 30.3 Å². The highest BCUT2D eigenvalue weighted by atomic mass is 16.3. The minimum atomic E-state index is -0.353. The van der Waals surface area contributed by atoms with E-state index >= 15 is 0 Å². The second-order valence-electron chi connectivity index (χ2n) is 3.68. The van der Waals surface area contributed by atoms with E-state index in [0.29, 0.717) is 19.4 Å². The molecule has 0 aromatic carbocycles. The van der Waals surface area contributed by atoms with E-state index in [9.17, 15) is 9.59 Å². The van der Waals surface area contributed by atoms with Crippen molar-refractivity contribution in [3.05, 3.63) is 34.2 Å². The number of aliphatic hydroxyl groups is 1. The molecule has 1 unspecified atom stereocenters. The summed E-state index contributed by atoms with van der Waals surface area (Å²) >= 11 is 0. The average molecular weight is 224 g/mol. The van der Waals surface area contributed by atoms with Gasteiger partial charge in [0.2, 0.25) is 5.56 Å². The molecule has 5 nitrogen and oxygen atoms in total. The van der Waals surface area contributed by atoms with Crippen molar-refractivity contribution in [2.24, 2.45) is 0 Å². The largest absolute Gasteiger partial charge is 0.393 e. The Bertz CT molecular complexity index is 398. The Morgan fingerprint density at radius 2 is 2.31 bits per heavy atom. The first-order valence-corrected chi connectivity index (χ1v) is 5.25. The Kier molecular flexibility index (Phi) is 4.72. The van der Waals surface area contributed by atoms with E-state index in [4.69, 9.17) is 5.11 Å². The number of H-pyrrole nitrogens is 1. The highest BCUT2D eigenvalue weighted by molar-refractivity contribution is 5.92. The van der Waals surface area contributed by atoms with Crippen molar-refractivity contribution in [3.8, 4) is 0 Å². The van der Waals surface area contributed by atoms with Crippen LogP contribution in [0.2, 0.25) is 0 Å². The summed E-state index contributed by atoms with van der Waals surface area (Å²) in [5, 5.41) is 11.7. The summed E-state index contributed by atoms with van der Waals surface area (Å²) in [5.41, 5.74) is -0.0406. The molecule has 0 fully saturated rings. The van der Waals surface area contributed by atoms with E-state index in [0.717, 1.165) is 0 Å². The number of carbonyl (C=O) groups is 1. The van der Waals surface area contributed by atoms with Crippen molar-refractivity contribution in [1.82, 2.24) is 10.3 Å². The molecule has 16 heavy (non-hydrogen) atoms. The van der Waals surface area contributed by atoms with Crippen molar-refractivity contribution in [3.63, 3.8) is 0 Å². The van der Waals surface area contributed by atoms with Gasteiger partial charge in [-0.15, -0.1) is 0 Å². The van der Waals surface area contributed by atoms with Crippen LogP contribution < -0.4 is 10.9 Å². The van der Waals surface area contributed by atoms with Gasteiger partial charge in [0.05, 0.1) is 6.10 Å². The normalized spacial score (nSPS) is 12.1. The molecule has 1 aromatic heterocycles. The molecule has 5 heteroatoms. The van der Waals surface area contributed by atoms with E-state index in [2.05, 4.69) is 10.3 Å². The fourth-order valence-corrected chi connectivity index (χ4v) is 1.27. The van der Waals surface area contributed by atoms with Crippen LogP contribution in [0.5, 0.6) is 0 Å². The van der Waals surface area contributed by atoms with Gasteiger partial charge < -0.3 is 15.4 Å². The predicted octanol–water partition coefficient (Wildman–Crippen LogP) is 0.266. The van der Waals surface area contributed by atoms with Crippen LogP contribution in [0, 0.1) is 0 Å². The quantitative estimate of drug-likeness (QED) is 0.628. The smallest absolute Gasteiger partial charge is 0.267 e. The maximum Gasteiger partial charge on any atom is 0.267 e. The minimum absolute atomic E-state index is 0.254. The molecule has 0 bridgehead atoms. The molecule has 0 aliphatic rings. The van der Waals surface area contributed by atoms with Crippen LogP contribution in [0.4, 0.5) is 0 Å². The molecule has 88 valence electrons. The lowest BCUT2D eigenvalue weighted by atomic mass is 10.2. The maximum atomic E-state index is 11.5. The Hall–Kier alpha value is -1.62. The standard InChI is InChI=1S/C11H16N2O3/c1-8(14)4-3-7-12-11(16)9-5-2-6-10(15)13-9/h2,5-6,8,14H,3-4,7H2,1H3,(H,12,16)(H,13,15). The van der Waals surface area contributed by atoms with E-state index in [-0.39, 0.29) is 23.3 Å². The van der Waals surface area contributed by atoms with Crippen LogP contribution in [-0.2, 0) is 0 Å². The lowest BCUT2D eigenvalue weighted by molar-refractivity contribution is 0.0944. The molecule has 1 atom stereocenters. The average Bonchev–Trinajstić information content (AvgIpc) is 2.24. The Labute approximate surface area is 93.5 Å². The zero-order chi connectivity index (χ0) is 12.0. The monoisotopic (exact) mass is 224 g/mol. The molecule has 1 heterocycles. The zero-order valence-electron chi connectivity index (χ0n) is 9.19. The van der Waals surface area contributed by atoms with E-state index in [1.165, 1.54) is 12.1 Å². The molecule has 0 spiro atoms. The number of rotatable bonds is 5. The molecular formula is C11H16N2O3. The summed E-state index contributed by atoms with van der Waals surface area (Å²) in [7, 11) is 0. The van der Waals surface area contributed by atoms with Gasteiger partial charge in [-0.2, -0.15) is 0 Å². The van der Waals surface area contributed by atoms with Gasteiger partial charge >= 0.3 is 0 Å². The predicted molar refractivity (Wildman–Crippen MR) is 60.3 cm³/mol. The van der Waals surface area contributed by atoms with Gasteiger partial charge in [0, 0.05) is 12.6 Å². The molecule has 1 aromatic rings. The first-order valence-electron chi connectivity index (χ1n) is 5.25. The topological polar surface area (TPSA) is 82.2 Å². The first-order chi connectivity index (χ1) is 7.59. The van der Waals surface area contributed by atoms with Crippen molar-refractivity contribution in [2.45, 2.75) is 25.9 Å². The molecule has 0 saturated carbocycles. The molecule has 0 saturated heterocycles. The number of aliphatic hydroxyl groups excluding tert-OH is 1. The zero-order valence-corrected chi connectivity index (χ0v) is 9.19. The third-order valence-corrected chi connectivity index (χ3v) is 2.10. The number of carbonyl (C=O) groups excluding carboxylic acids is 1. The van der Waals surface area contributed by atoms with Gasteiger partial charge in [-0.25, -0.2) is 0 Å². The second-order valence-corrected chi connectivity index (χ2v) is 3.68. The molecule has 1 amide bonds. The summed E-state index contributed by atoms with van der Waals surface area (Å²) < 4.78 is 0. The van der Waals surface area contributed by atoms with Gasteiger partial charge in [-0.1, -0.05) is 6.07 Å². The van der Waals surface area contributed by atoms with E-state index in [1.807, 2.05) is 0 Å². The lowest BCUT2D eigenvalue weighted by Crippen LogP contribution is -2.27. The second kappa shape index (κ2) is 6.07. The number of pyridine rings is 1. The fourth-order valence-electron chi connectivity index (χ4n) is 1.27. The molecule has 1 rings (SSSR count). The highest BCUT2D eigenvalue weighted by Crippen LogP contribution is 1.95. The summed E-state index contributed by atoms with van der Waals surface area (Å²) in [6.45, 7) is 2.19. The number of nitrogens with one attached hydrogen (secondary N) is 2. The van der Waals surface area contributed by atoms with Gasteiger partial charge in [-0.3, -0.25) is 9.59 Å². The first kappa shape index (κ1) is 12.4. The van der Waals surface area contributed by atoms with Crippen molar-refractivity contribution < 1.29 is 9.90 Å². The van der Waals surface area contributed by atoms with Crippen LogP contribution in [-0.4, -0.2) is 28.6 Å².